The molecule has 0 aliphatic carbocycles. The lowest BCUT2D eigenvalue weighted by Gasteiger charge is -2.19. The Bertz CT molecular complexity index is 1340. The first-order valence-electron chi connectivity index (χ1n) is 11.9. The predicted octanol–water partition coefficient (Wildman–Crippen LogP) is 4.28. The molecule has 0 bridgehead atoms. The molecule has 1 atom stereocenters. The molecular formula is C27H31N3O6S. The van der Waals surface area contributed by atoms with Crippen LogP contribution in [0.15, 0.2) is 75.1 Å². The number of nitrogens with one attached hydrogen (secondary N) is 2. The van der Waals surface area contributed by atoms with Crippen LogP contribution in [0.3, 0.4) is 0 Å². The van der Waals surface area contributed by atoms with Gasteiger partial charge in [-0.15, -0.1) is 0 Å². The number of aryl methyl sites for hydroxylation is 1. The molecule has 1 heterocycles. The molecule has 2 N–H and O–H groups in total. The highest BCUT2D eigenvalue weighted by atomic mass is 32.2. The number of esters is 1. The van der Waals surface area contributed by atoms with E-state index < -0.39 is 27.9 Å². The van der Waals surface area contributed by atoms with Crippen molar-refractivity contribution in [2.75, 3.05) is 6.61 Å². The van der Waals surface area contributed by atoms with Gasteiger partial charge >= 0.3 is 5.97 Å². The van der Waals surface area contributed by atoms with Crippen LogP contribution in [0.5, 0.6) is 0 Å². The molecule has 0 fully saturated rings. The van der Waals surface area contributed by atoms with E-state index in [4.69, 9.17) is 9.15 Å². The van der Waals surface area contributed by atoms with Crippen molar-refractivity contribution < 1.29 is 27.2 Å². The van der Waals surface area contributed by atoms with Crippen molar-refractivity contribution in [3.63, 3.8) is 0 Å². The number of sulfonamides is 1. The summed E-state index contributed by atoms with van der Waals surface area (Å²) in [6.45, 7) is 7.70. The van der Waals surface area contributed by atoms with Crippen LogP contribution < -0.4 is 10.1 Å². The maximum Gasteiger partial charge on any atom is 0.338 e. The summed E-state index contributed by atoms with van der Waals surface area (Å²) in [5.74, 6) is 0.0106. The van der Waals surface area contributed by atoms with Crippen LogP contribution in [0.2, 0.25) is 0 Å². The van der Waals surface area contributed by atoms with Crippen molar-refractivity contribution in [3.05, 3.63) is 77.6 Å². The van der Waals surface area contributed by atoms with Crippen LogP contribution in [-0.2, 0) is 19.6 Å². The predicted molar refractivity (Wildman–Crippen MR) is 141 cm³/mol. The molecule has 196 valence electrons. The van der Waals surface area contributed by atoms with Gasteiger partial charge in [0.25, 0.3) is 5.91 Å². The van der Waals surface area contributed by atoms with Gasteiger partial charge in [0.05, 0.1) is 23.3 Å². The van der Waals surface area contributed by atoms with Crippen LogP contribution in [0.1, 0.15) is 48.9 Å². The number of furan rings is 1. The largest absolute Gasteiger partial charge is 0.462 e. The molecular weight excluding hydrogens is 494 g/mol. The molecule has 0 aliphatic heterocycles. The summed E-state index contributed by atoms with van der Waals surface area (Å²) in [6.07, 6.45) is 1.62. The van der Waals surface area contributed by atoms with Gasteiger partial charge in [0.1, 0.15) is 17.6 Å². The Labute approximate surface area is 217 Å². The average molecular weight is 526 g/mol. The van der Waals surface area contributed by atoms with Crippen LogP contribution >= 0.6 is 0 Å². The van der Waals surface area contributed by atoms with Crippen LogP contribution in [0.4, 0.5) is 0 Å². The quantitative estimate of drug-likeness (QED) is 0.219. The number of nitrogens with zero attached hydrogens (tertiary/aromatic N) is 1. The molecule has 0 unspecified atom stereocenters. The van der Waals surface area contributed by atoms with Gasteiger partial charge in [-0.2, -0.15) is 9.82 Å². The fourth-order valence-electron chi connectivity index (χ4n) is 3.45. The van der Waals surface area contributed by atoms with Gasteiger partial charge in [0, 0.05) is 5.56 Å². The van der Waals surface area contributed by atoms with E-state index in [0.29, 0.717) is 30.1 Å². The van der Waals surface area contributed by atoms with E-state index >= 15 is 0 Å². The summed E-state index contributed by atoms with van der Waals surface area (Å²) >= 11 is 0. The standard InChI is InChI=1S/C27H31N3O6S/c1-5-35-27(32)21-10-8-20(9-11-21)25-15-12-22(36-25)17-28-29-26(31)24(16-18(2)3)30-37(33,34)23-13-6-19(4)7-14-23/h6-15,17-18,24,30H,5,16H2,1-4H3,(H,29,31)/b28-17-/t24-/m1/s1. The second-order valence-corrected chi connectivity index (χ2v) is 10.6. The molecule has 0 saturated carbocycles. The van der Waals surface area contributed by atoms with Crippen molar-refractivity contribution in [3.8, 4) is 11.3 Å². The molecule has 0 saturated heterocycles. The van der Waals surface area contributed by atoms with Crippen molar-refractivity contribution >= 4 is 28.1 Å². The Hall–Kier alpha value is -3.76. The van der Waals surface area contributed by atoms with Crippen molar-refractivity contribution in [1.82, 2.24) is 10.1 Å². The zero-order chi connectivity index (χ0) is 27.0. The van der Waals surface area contributed by atoms with Gasteiger partial charge in [0.2, 0.25) is 10.0 Å². The zero-order valence-electron chi connectivity index (χ0n) is 21.2. The number of amides is 1. The highest BCUT2D eigenvalue weighted by molar-refractivity contribution is 7.89. The van der Waals surface area contributed by atoms with Gasteiger partial charge < -0.3 is 9.15 Å². The van der Waals surface area contributed by atoms with E-state index in [-0.39, 0.29) is 10.8 Å². The minimum Gasteiger partial charge on any atom is -0.462 e. The topological polar surface area (TPSA) is 127 Å². The first kappa shape index (κ1) is 27.8. The Morgan fingerprint density at radius 1 is 1.03 bits per heavy atom. The van der Waals surface area contributed by atoms with E-state index in [1.807, 2.05) is 20.8 Å². The smallest absolute Gasteiger partial charge is 0.338 e. The number of hydrazone groups is 1. The summed E-state index contributed by atoms with van der Waals surface area (Å²) in [5.41, 5.74) is 4.51. The van der Waals surface area contributed by atoms with Crippen LogP contribution in [-0.4, -0.2) is 39.2 Å². The van der Waals surface area contributed by atoms with E-state index in [2.05, 4.69) is 15.2 Å². The minimum atomic E-state index is -3.89. The molecule has 3 aromatic rings. The zero-order valence-corrected chi connectivity index (χ0v) is 22.0. The molecule has 2 aromatic carbocycles. The second kappa shape index (κ2) is 12.5. The normalized spacial score (nSPS) is 12.6. The third-order valence-electron chi connectivity index (χ3n) is 5.33. The number of rotatable bonds is 11. The highest BCUT2D eigenvalue weighted by Crippen LogP contribution is 2.22. The summed E-state index contributed by atoms with van der Waals surface area (Å²) in [4.78, 5) is 24.7. The summed E-state index contributed by atoms with van der Waals surface area (Å²) < 4.78 is 38.8. The molecule has 37 heavy (non-hydrogen) atoms. The monoisotopic (exact) mass is 525 g/mol. The third kappa shape index (κ3) is 7.86. The molecule has 0 aliphatic rings. The van der Waals surface area contributed by atoms with Crippen LogP contribution in [0.25, 0.3) is 11.3 Å². The number of carbonyl (C=O) groups excluding carboxylic acids is 2. The number of hydrogen-bond donors (Lipinski definition) is 2. The first-order chi connectivity index (χ1) is 17.6. The van der Waals surface area contributed by atoms with Gasteiger partial charge in [0.15, 0.2) is 0 Å². The summed E-state index contributed by atoms with van der Waals surface area (Å²) in [7, 11) is -3.89. The maximum atomic E-state index is 12.8. The molecule has 3 rings (SSSR count). The summed E-state index contributed by atoms with van der Waals surface area (Å²) in [5, 5.41) is 3.93. The minimum absolute atomic E-state index is 0.0586. The average Bonchev–Trinajstić information content (AvgIpc) is 3.32. The van der Waals surface area contributed by atoms with Crippen molar-refractivity contribution in [1.29, 1.82) is 0 Å². The molecule has 10 heteroatoms. The molecule has 1 amide bonds. The van der Waals surface area contributed by atoms with Crippen molar-refractivity contribution in [2.24, 2.45) is 11.0 Å². The summed E-state index contributed by atoms with van der Waals surface area (Å²) in [6, 6.07) is 15.6. The molecule has 9 nitrogen and oxygen atoms in total. The Morgan fingerprint density at radius 3 is 2.32 bits per heavy atom. The SMILES string of the molecule is CCOC(=O)c1ccc(-c2ccc(/C=N\NC(=O)[C@@H](CC(C)C)NS(=O)(=O)c3ccc(C)cc3)o2)cc1. The molecule has 1 aromatic heterocycles. The molecule has 0 radical (unpaired) electrons. The lowest BCUT2D eigenvalue weighted by atomic mass is 10.0. The first-order valence-corrected chi connectivity index (χ1v) is 13.4. The van der Waals surface area contributed by atoms with E-state index in [9.17, 15) is 18.0 Å². The fourth-order valence-corrected chi connectivity index (χ4v) is 4.66. The fraction of sp³-hybridized carbons (Fsp3) is 0.296. The van der Waals surface area contributed by atoms with Gasteiger partial charge in [-0.05, 0) is 62.6 Å². The lowest BCUT2D eigenvalue weighted by molar-refractivity contribution is -0.123. The number of ether oxygens (including phenoxy) is 1. The van der Waals surface area contributed by atoms with E-state index in [1.54, 1.807) is 55.5 Å². The van der Waals surface area contributed by atoms with Crippen molar-refractivity contribution in [2.45, 2.75) is 45.1 Å². The Balaban J connectivity index is 1.65. The second-order valence-electron chi connectivity index (χ2n) is 8.85. The molecule has 0 spiro atoms. The number of carbonyl (C=O) groups is 2. The van der Waals surface area contributed by atoms with Gasteiger partial charge in [-0.3, -0.25) is 4.79 Å². The number of benzene rings is 2. The van der Waals surface area contributed by atoms with Gasteiger partial charge in [-0.25, -0.2) is 18.6 Å². The number of hydrogen-bond acceptors (Lipinski definition) is 7. The Morgan fingerprint density at radius 2 is 1.70 bits per heavy atom. The maximum absolute atomic E-state index is 12.8. The Kier molecular flexibility index (Phi) is 9.37. The van der Waals surface area contributed by atoms with Crippen LogP contribution in [0, 0.1) is 12.8 Å². The lowest BCUT2D eigenvalue weighted by Crippen LogP contribution is -2.46. The van der Waals surface area contributed by atoms with E-state index in [0.717, 1.165) is 11.1 Å². The highest BCUT2D eigenvalue weighted by Gasteiger charge is 2.26. The van der Waals surface area contributed by atoms with E-state index in [1.165, 1.54) is 18.3 Å². The van der Waals surface area contributed by atoms with Gasteiger partial charge in [-0.1, -0.05) is 43.7 Å². The third-order valence-corrected chi connectivity index (χ3v) is 6.81.